The van der Waals surface area contributed by atoms with Gasteiger partial charge < -0.3 is 4.74 Å². The number of rotatable bonds is 3. The first-order chi connectivity index (χ1) is 9.29. The lowest BCUT2D eigenvalue weighted by Gasteiger charge is -2.46. The summed E-state index contributed by atoms with van der Waals surface area (Å²) in [5.74, 6) is -0.00525. The summed E-state index contributed by atoms with van der Waals surface area (Å²) in [5.41, 5.74) is -0.706. The Morgan fingerprint density at radius 2 is 1.43 bits per heavy atom. The molecule has 124 valence electrons. The van der Waals surface area contributed by atoms with Gasteiger partial charge in [-0.15, -0.1) is 0 Å². The van der Waals surface area contributed by atoms with Crippen molar-refractivity contribution in [2.75, 3.05) is 0 Å². The Morgan fingerprint density at radius 1 is 0.952 bits per heavy atom. The van der Waals surface area contributed by atoms with E-state index in [2.05, 4.69) is 55.4 Å². The lowest BCUT2D eigenvalue weighted by atomic mass is 9.61. The molecule has 1 aliphatic rings. The van der Waals surface area contributed by atoms with E-state index < -0.39 is 5.41 Å². The zero-order valence-electron chi connectivity index (χ0n) is 15.6. The summed E-state index contributed by atoms with van der Waals surface area (Å²) in [6.45, 7) is 17.3. The molecular formula is C19H36O2. The average Bonchev–Trinajstić information content (AvgIpc) is 2.25. The van der Waals surface area contributed by atoms with Gasteiger partial charge in [0.1, 0.15) is 5.60 Å². The van der Waals surface area contributed by atoms with E-state index in [4.69, 9.17) is 4.74 Å². The van der Waals surface area contributed by atoms with Gasteiger partial charge in [0.25, 0.3) is 0 Å². The lowest BCUT2D eigenvalue weighted by Crippen LogP contribution is -2.48. The molecule has 0 aliphatic heterocycles. The minimum atomic E-state index is -0.453. The number of hydrogen-bond donors (Lipinski definition) is 0. The minimum Gasteiger partial charge on any atom is -0.459 e. The van der Waals surface area contributed by atoms with Crippen molar-refractivity contribution in [3.63, 3.8) is 0 Å². The van der Waals surface area contributed by atoms with E-state index in [1.807, 2.05) is 0 Å². The van der Waals surface area contributed by atoms with Crippen LogP contribution in [0.1, 0.15) is 93.9 Å². The zero-order valence-corrected chi connectivity index (χ0v) is 15.6. The topological polar surface area (TPSA) is 26.3 Å². The quantitative estimate of drug-likeness (QED) is 0.621. The molecule has 0 radical (unpaired) electrons. The third kappa shape index (κ3) is 4.72. The number of carbonyl (C=O) groups excluding carboxylic acids is 1. The van der Waals surface area contributed by atoms with Crippen LogP contribution in [0.4, 0.5) is 0 Å². The van der Waals surface area contributed by atoms with Gasteiger partial charge in [-0.2, -0.15) is 0 Å². The zero-order chi connectivity index (χ0) is 16.5. The summed E-state index contributed by atoms with van der Waals surface area (Å²) < 4.78 is 6.08. The molecule has 1 fully saturated rings. The van der Waals surface area contributed by atoms with Gasteiger partial charge in [-0.05, 0) is 56.8 Å². The van der Waals surface area contributed by atoms with Crippen LogP contribution in [0.3, 0.4) is 0 Å². The Morgan fingerprint density at radius 3 is 1.81 bits per heavy atom. The maximum absolute atomic E-state index is 13.0. The molecule has 0 N–H and O–H groups in total. The Hall–Kier alpha value is -0.530. The van der Waals surface area contributed by atoms with E-state index in [1.165, 1.54) is 19.3 Å². The van der Waals surface area contributed by atoms with Crippen LogP contribution in [-0.2, 0) is 9.53 Å². The lowest BCUT2D eigenvalue weighted by molar-refractivity contribution is -0.182. The first-order valence-corrected chi connectivity index (χ1v) is 8.53. The second-order valence-corrected chi connectivity index (χ2v) is 9.72. The van der Waals surface area contributed by atoms with Crippen LogP contribution in [0.2, 0.25) is 0 Å². The Labute approximate surface area is 132 Å². The molecule has 0 spiro atoms. The summed E-state index contributed by atoms with van der Waals surface area (Å²) in [7, 11) is 0. The van der Waals surface area contributed by atoms with E-state index in [0.717, 1.165) is 19.3 Å². The number of ether oxygens (including phenoxy) is 1. The predicted octanol–water partition coefficient (Wildman–Crippen LogP) is 5.74. The van der Waals surface area contributed by atoms with Crippen molar-refractivity contribution in [2.24, 2.45) is 16.2 Å². The van der Waals surface area contributed by atoms with Crippen molar-refractivity contribution in [3.8, 4) is 0 Å². The van der Waals surface area contributed by atoms with Crippen LogP contribution in [0.5, 0.6) is 0 Å². The molecule has 1 saturated carbocycles. The molecule has 2 heteroatoms. The maximum Gasteiger partial charge on any atom is 0.312 e. The average molecular weight is 296 g/mol. The van der Waals surface area contributed by atoms with Gasteiger partial charge in [0, 0.05) is 0 Å². The van der Waals surface area contributed by atoms with Gasteiger partial charge in [0.2, 0.25) is 0 Å². The molecule has 1 atom stereocenters. The normalized spacial score (nSPS) is 22.5. The molecule has 0 heterocycles. The first-order valence-electron chi connectivity index (χ1n) is 8.53. The van der Waals surface area contributed by atoms with Crippen LogP contribution in [0.15, 0.2) is 0 Å². The summed E-state index contributed by atoms with van der Waals surface area (Å²) in [5, 5.41) is 0. The molecule has 0 saturated heterocycles. The van der Waals surface area contributed by atoms with Crippen LogP contribution in [-0.4, -0.2) is 11.6 Å². The summed E-state index contributed by atoms with van der Waals surface area (Å²) in [6.07, 6.45) is 6.48. The van der Waals surface area contributed by atoms with Gasteiger partial charge in [0.15, 0.2) is 0 Å². The monoisotopic (exact) mass is 296 g/mol. The second kappa shape index (κ2) is 5.93. The fraction of sp³-hybridized carbons (Fsp3) is 0.947. The fourth-order valence-electron chi connectivity index (χ4n) is 3.44. The predicted molar refractivity (Wildman–Crippen MR) is 89.2 cm³/mol. The van der Waals surface area contributed by atoms with Crippen molar-refractivity contribution >= 4 is 5.97 Å². The van der Waals surface area contributed by atoms with E-state index in [-0.39, 0.29) is 22.4 Å². The highest BCUT2D eigenvalue weighted by Gasteiger charge is 2.49. The van der Waals surface area contributed by atoms with Gasteiger partial charge >= 0.3 is 5.97 Å². The smallest absolute Gasteiger partial charge is 0.312 e. The number of esters is 1. The Kier molecular flexibility index (Phi) is 5.23. The molecule has 0 aromatic rings. The summed E-state index contributed by atoms with van der Waals surface area (Å²) in [4.78, 5) is 13.0. The van der Waals surface area contributed by atoms with Crippen LogP contribution in [0.25, 0.3) is 0 Å². The fourth-order valence-corrected chi connectivity index (χ4v) is 3.44. The summed E-state index contributed by atoms with van der Waals surface area (Å²) >= 11 is 0. The molecule has 1 rings (SSSR count). The molecule has 1 unspecified atom stereocenters. The van der Waals surface area contributed by atoms with E-state index in [0.29, 0.717) is 0 Å². The minimum absolute atomic E-state index is 0.00525. The highest BCUT2D eigenvalue weighted by molar-refractivity contribution is 5.78. The number of hydrogen-bond acceptors (Lipinski definition) is 2. The van der Waals surface area contributed by atoms with Gasteiger partial charge in [-0.1, -0.05) is 48.0 Å². The SMILES string of the molecule is CC(C)(C)CC(C)(C(=O)OC1(C)CCCCC1)C(C)(C)C. The Balaban J connectivity index is 2.96. The maximum atomic E-state index is 13.0. The molecule has 0 bridgehead atoms. The largest absolute Gasteiger partial charge is 0.459 e. The van der Waals surface area contributed by atoms with Crippen molar-refractivity contribution in [1.82, 2.24) is 0 Å². The van der Waals surface area contributed by atoms with Gasteiger partial charge in [-0.3, -0.25) is 4.79 Å². The van der Waals surface area contributed by atoms with Gasteiger partial charge in [0.05, 0.1) is 5.41 Å². The molecule has 0 aromatic heterocycles. The first kappa shape index (κ1) is 18.5. The van der Waals surface area contributed by atoms with Crippen molar-refractivity contribution in [2.45, 2.75) is 99.5 Å². The standard InChI is InChI=1S/C19H36O2/c1-16(2,3)14-19(8,17(4,5)6)15(20)21-18(7)12-10-9-11-13-18/h9-14H2,1-8H3. The molecular weight excluding hydrogens is 260 g/mol. The second-order valence-electron chi connectivity index (χ2n) is 9.72. The molecule has 0 amide bonds. The molecule has 21 heavy (non-hydrogen) atoms. The van der Waals surface area contributed by atoms with Crippen LogP contribution >= 0.6 is 0 Å². The van der Waals surface area contributed by atoms with E-state index in [1.54, 1.807) is 0 Å². The molecule has 0 aromatic carbocycles. The Bertz CT molecular complexity index is 364. The third-order valence-electron chi connectivity index (χ3n) is 5.24. The van der Waals surface area contributed by atoms with Crippen molar-refractivity contribution < 1.29 is 9.53 Å². The molecule has 1 aliphatic carbocycles. The molecule has 2 nitrogen and oxygen atoms in total. The number of carbonyl (C=O) groups is 1. The van der Waals surface area contributed by atoms with E-state index in [9.17, 15) is 4.79 Å². The van der Waals surface area contributed by atoms with Crippen LogP contribution in [0, 0.1) is 16.2 Å². The van der Waals surface area contributed by atoms with Crippen molar-refractivity contribution in [1.29, 1.82) is 0 Å². The highest BCUT2D eigenvalue weighted by Crippen LogP contribution is 2.48. The van der Waals surface area contributed by atoms with E-state index >= 15 is 0 Å². The highest BCUT2D eigenvalue weighted by atomic mass is 16.6. The third-order valence-corrected chi connectivity index (χ3v) is 5.24. The van der Waals surface area contributed by atoms with Crippen LogP contribution < -0.4 is 0 Å². The van der Waals surface area contributed by atoms with Crippen molar-refractivity contribution in [3.05, 3.63) is 0 Å². The van der Waals surface area contributed by atoms with Gasteiger partial charge in [-0.25, -0.2) is 0 Å². The summed E-state index contributed by atoms with van der Waals surface area (Å²) in [6, 6.07) is 0.